The van der Waals surface area contributed by atoms with Crippen molar-refractivity contribution in [3.63, 3.8) is 0 Å². The molecule has 2 amide bonds. The highest BCUT2D eigenvalue weighted by atomic mass is 35.5. The standard InChI is InChI=1S/C21H23ClN2O3/c1-14(2)27-17-9-7-15(8-10-17)12-23-21(26)16-11-20(25)24(13-16)19-6-4-3-5-18(19)22/h3-10,14,16H,11-13H2,1-2H3,(H,23,26)/t16-/m0/s1. The van der Waals surface area contributed by atoms with Gasteiger partial charge in [-0.25, -0.2) is 0 Å². The highest BCUT2D eigenvalue weighted by Crippen LogP contribution is 2.31. The van der Waals surface area contributed by atoms with Crippen LogP contribution in [0.5, 0.6) is 5.75 Å². The molecule has 3 rings (SSSR count). The second-order valence-electron chi connectivity index (χ2n) is 6.89. The highest BCUT2D eigenvalue weighted by molar-refractivity contribution is 6.33. The molecule has 0 bridgehead atoms. The van der Waals surface area contributed by atoms with Gasteiger partial charge in [0.15, 0.2) is 0 Å². The van der Waals surface area contributed by atoms with Gasteiger partial charge >= 0.3 is 0 Å². The quantitative estimate of drug-likeness (QED) is 0.821. The highest BCUT2D eigenvalue weighted by Gasteiger charge is 2.35. The molecule has 0 aromatic heterocycles. The summed E-state index contributed by atoms with van der Waals surface area (Å²) in [6.07, 6.45) is 0.314. The van der Waals surface area contributed by atoms with Gasteiger partial charge in [0, 0.05) is 19.5 Å². The molecule has 6 heteroatoms. The Balaban J connectivity index is 1.56. The Kier molecular flexibility index (Phi) is 6.01. The van der Waals surface area contributed by atoms with Gasteiger partial charge in [-0.1, -0.05) is 35.9 Å². The monoisotopic (exact) mass is 386 g/mol. The normalized spacial score (nSPS) is 16.7. The van der Waals surface area contributed by atoms with Crippen LogP contribution in [0.25, 0.3) is 0 Å². The molecule has 0 radical (unpaired) electrons. The van der Waals surface area contributed by atoms with E-state index in [2.05, 4.69) is 5.32 Å². The lowest BCUT2D eigenvalue weighted by molar-refractivity contribution is -0.126. The molecular formula is C21H23ClN2O3. The molecule has 27 heavy (non-hydrogen) atoms. The first-order valence-corrected chi connectivity index (χ1v) is 9.40. The van der Waals surface area contributed by atoms with E-state index in [4.69, 9.17) is 16.3 Å². The van der Waals surface area contributed by atoms with Gasteiger partial charge in [-0.3, -0.25) is 9.59 Å². The molecule has 0 unspecified atom stereocenters. The second kappa shape index (κ2) is 8.44. The summed E-state index contributed by atoms with van der Waals surface area (Å²) < 4.78 is 5.61. The Labute approximate surface area is 164 Å². The lowest BCUT2D eigenvalue weighted by Gasteiger charge is -2.18. The van der Waals surface area contributed by atoms with Crippen LogP contribution < -0.4 is 15.0 Å². The van der Waals surface area contributed by atoms with E-state index in [0.717, 1.165) is 11.3 Å². The largest absolute Gasteiger partial charge is 0.491 e. The molecule has 0 saturated carbocycles. The maximum Gasteiger partial charge on any atom is 0.227 e. The first-order valence-electron chi connectivity index (χ1n) is 9.02. The molecule has 1 N–H and O–H groups in total. The van der Waals surface area contributed by atoms with Crippen molar-refractivity contribution in [2.24, 2.45) is 5.92 Å². The molecule has 1 atom stereocenters. The summed E-state index contributed by atoms with van der Waals surface area (Å²) in [5.74, 6) is 0.216. The molecule has 142 valence electrons. The number of amides is 2. The lowest BCUT2D eigenvalue weighted by Crippen LogP contribution is -2.32. The fourth-order valence-corrected chi connectivity index (χ4v) is 3.32. The van der Waals surface area contributed by atoms with Crippen molar-refractivity contribution in [1.29, 1.82) is 0 Å². The number of ether oxygens (including phenoxy) is 1. The van der Waals surface area contributed by atoms with E-state index in [1.807, 2.05) is 50.2 Å². The fraction of sp³-hybridized carbons (Fsp3) is 0.333. The molecule has 1 aliphatic heterocycles. The maximum atomic E-state index is 12.5. The van der Waals surface area contributed by atoms with E-state index in [1.54, 1.807) is 17.0 Å². The molecule has 0 spiro atoms. The van der Waals surface area contributed by atoms with Crippen molar-refractivity contribution >= 4 is 29.1 Å². The number of para-hydroxylation sites is 1. The van der Waals surface area contributed by atoms with Crippen molar-refractivity contribution in [1.82, 2.24) is 5.32 Å². The Bertz CT molecular complexity index is 820. The van der Waals surface area contributed by atoms with Crippen LogP contribution in [-0.2, 0) is 16.1 Å². The zero-order chi connectivity index (χ0) is 19.4. The Morgan fingerprint density at radius 1 is 1.22 bits per heavy atom. The summed E-state index contributed by atoms with van der Waals surface area (Å²) >= 11 is 6.18. The van der Waals surface area contributed by atoms with Crippen molar-refractivity contribution < 1.29 is 14.3 Å². The van der Waals surface area contributed by atoms with E-state index in [0.29, 0.717) is 23.8 Å². The molecule has 2 aromatic rings. The molecule has 0 aliphatic carbocycles. The van der Waals surface area contributed by atoms with Crippen molar-refractivity contribution in [3.8, 4) is 5.75 Å². The molecular weight excluding hydrogens is 364 g/mol. The number of hydrogen-bond acceptors (Lipinski definition) is 3. The summed E-state index contributed by atoms with van der Waals surface area (Å²) in [6.45, 7) is 4.71. The van der Waals surface area contributed by atoms with Gasteiger partial charge in [0.1, 0.15) is 5.75 Å². The molecule has 1 aliphatic rings. The lowest BCUT2D eigenvalue weighted by atomic mass is 10.1. The maximum absolute atomic E-state index is 12.5. The van der Waals surface area contributed by atoms with E-state index < -0.39 is 0 Å². The predicted octanol–water partition coefficient (Wildman–Crippen LogP) is 3.80. The summed E-state index contributed by atoms with van der Waals surface area (Å²) in [4.78, 5) is 26.4. The van der Waals surface area contributed by atoms with Gasteiger partial charge in [0.25, 0.3) is 0 Å². The Morgan fingerprint density at radius 3 is 2.59 bits per heavy atom. The van der Waals surface area contributed by atoms with Crippen LogP contribution in [-0.4, -0.2) is 24.5 Å². The summed E-state index contributed by atoms with van der Waals surface area (Å²) in [5.41, 5.74) is 1.63. The average Bonchev–Trinajstić information content (AvgIpc) is 3.02. The van der Waals surface area contributed by atoms with Crippen molar-refractivity contribution in [2.75, 3.05) is 11.4 Å². The summed E-state index contributed by atoms with van der Waals surface area (Å²) in [7, 11) is 0. The molecule has 1 heterocycles. The van der Waals surface area contributed by atoms with Crippen LogP contribution in [0.3, 0.4) is 0 Å². The smallest absolute Gasteiger partial charge is 0.227 e. The van der Waals surface area contributed by atoms with Gasteiger partial charge in [0.05, 0.1) is 22.7 Å². The van der Waals surface area contributed by atoms with E-state index in [1.165, 1.54) is 0 Å². The molecule has 1 fully saturated rings. The van der Waals surface area contributed by atoms with Crippen molar-refractivity contribution in [3.05, 3.63) is 59.1 Å². The van der Waals surface area contributed by atoms with Gasteiger partial charge in [-0.2, -0.15) is 0 Å². The minimum Gasteiger partial charge on any atom is -0.491 e. The summed E-state index contributed by atoms with van der Waals surface area (Å²) in [6, 6.07) is 14.8. The van der Waals surface area contributed by atoms with Gasteiger partial charge in [-0.05, 0) is 43.7 Å². The molecule has 5 nitrogen and oxygen atoms in total. The number of carbonyl (C=O) groups excluding carboxylic acids is 2. The first kappa shape index (κ1) is 19.2. The number of carbonyl (C=O) groups is 2. The van der Waals surface area contributed by atoms with Crippen LogP contribution in [0.15, 0.2) is 48.5 Å². The third-order valence-corrected chi connectivity index (χ3v) is 4.72. The first-order chi connectivity index (χ1) is 12.9. The van der Waals surface area contributed by atoms with Crippen LogP contribution in [0, 0.1) is 5.92 Å². The topological polar surface area (TPSA) is 58.6 Å². The van der Waals surface area contributed by atoms with Gasteiger partial charge in [-0.15, -0.1) is 0 Å². The van der Waals surface area contributed by atoms with Crippen LogP contribution in [0.1, 0.15) is 25.8 Å². The van der Waals surface area contributed by atoms with E-state index in [9.17, 15) is 9.59 Å². The number of nitrogens with one attached hydrogen (secondary N) is 1. The van der Waals surface area contributed by atoms with Gasteiger partial charge in [0.2, 0.25) is 11.8 Å². The number of benzene rings is 2. The summed E-state index contributed by atoms with van der Waals surface area (Å²) in [5, 5.41) is 3.43. The van der Waals surface area contributed by atoms with E-state index in [-0.39, 0.29) is 30.3 Å². The number of rotatable bonds is 6. The molecule has 2 aromatic carbocycles. The van der Waals surface area contributed by atoms with Crippen LogP contribution in [0.4, 0.5) is 5.69 Å². The SMILES string of the molecule is CC(C)Oc1ccc(CNC(=O)[C@H]2CC(=O)N(c3ccccc3Cl)C2)cc1. The zero-order valence-corrected chi connectivity index (χ0v) is 16.2. The minimum absolute atomic E-state index is 0.0848. The molecule has 1 saturated heterocycles. The van der Waals surface area contributed by atoms with Crippen LogP contribution >= 0.6 is 11.6 Å². The van der Waals surface area contributed by atoms with Crippen LogP contribution in [0.2, 0.25) is 5.02 Å². The average molecular weight is 387 g/mol. The third kappa shape index (κ3) is 4.80. The minimum atomic E-state index is -0.377. The third-order valence-electron chi connectivity index (χ3n) is 4.40. The predicted molar refractivity (Wildman–Crippen MR) is 106 cm³/mol. The fourth-order valence-electron chi connectivity index (χ4n) is 3.08. The second-order valence-corrected chi connectivity index (χ2v) is 7.29. The van der Waals surface area contributed by atoms with E-state index >= 15 is 0 Å². The van der Waals surface area contributed by atoms with Gasteiger partial charge < -0.3 is 15.0 Å². The Morgan fingerprint density at radius 2 is 1.93 bits per heavy atom. The van der Waals surface area contributed by atoms with Crippen molar-refractivity contribution in [2.45, 2.75) is 32.9 Å². The number of hydrogen-bond donors (Lipinski definition) is 1. The number of anilines is 1. The zero-order valence-electron chi connectivity index (χ0n) is 15.4. The number of halogens is 1. The Hall–Kier alpha value is -2.53. The number of nitrogens with zero attached hydrogens (tertiary/aromatic N) is 1.